The zero-order chi connectivity index (χ0) is 16.6. The Morgan fingerprint density at radius 3 is 2.78 bits per heavy atom. The van der Waals surface area contributed by atoms with E-state index in [-0.39, 0.29) is 22.9 Å². The molecule has 0 aliphatic carbocycles. The van der Waals surface area contributed by atoms with Gasteiger partial charge < -0.3 is 10.1 Å². The molecule has 1 amide bonds. The van der Waals surface area contributed by atoms with Crippen LogP contribution < -0.4 is 10.1 Å². The molecule has 0 bridgehead atoms. The minimum absolute atomic E-state index is 0.0372. The summed E-state index contributed by atoms with van der Waals surface area (Å²) in [7, 11) is 0. The van der Waals surface area contributed by atoms with Gasteiger partial charge in [-0.1, -0.05) is 23.2 Å². The molecule has 0 saturated heterocycles. The molecule has 3 rings (SSSR count). The normalized spacial score (nSPS) is 15.9. The molecule has 0 spiro atoms. The van der Waals surface area contributed by atoms with E-state index in [1.165, 1.54) is 18.2 Å². The van der Waals surface area contributed by atoms with Gasteiger partial charge in [-0.05, 0) is 24.3 Å². The Bertz CT molecular complexity index is 783. The van der Waals surface area contributed by atoms with Crippen molar-refractivity contribution in [3.63, 3.8) is 0 Å². The van der Waals surface area contributed by atoms with Gasteiger partial charge in [0, 0.05) is 23.1 Å². The van der Waals surface area contributed by atoms with E-state index in [1.54, 1.807) is 6.07 Å². The molecule has 0 aromatic heterocycles. The number of hydrogen-bond acceptors (Lipinski definition) is 2. The molecule has 1 heterocycles. The summed E-state index contributed by atoms with van der Waals surface area (Å²) in [5.74, 6) is -1.75. The molecule has 2 aromatic rings. The Morgan fingerprint density at radius 1 is 1.26 bits per heavy atom. The average Bonchev–Trinajstić information content (AvgIpc) is 2.88. The van der Waals surface area contributed by atoms with E-state index in [4.69, 9.17) is 27.9 Å². The topological polar surface area (TPSA) is 38.3 Å². The summed E-state index contributed by atoms with van der Waals surface area (Å²) in [4.78, 5) is 12.1. The first kappa shape index (κ1) is 16.0. The smallest absolute Gasteiger partial charge is 0.252 e. The van der Waals surface area contributed by atoms with Gasteiger partial charge in [-0.2, -0.15) is 0 Å². The van der Waals surface area contributed by atoms with Gasteiger partial charge in [-0.15, -0.1) is 0 Å². The van der Waals surface area contributed by atoms with E-state index in [0.29, 0.717) is 17.0 Å². The van der Waals surface area contributed by atoms with Gasteiger partial charge in [0.2, 0.25) is 0 Å². The SMILES string of the molecule is O=C(NCC1Cc2cc(F)cc(F)c2O1)c1ccc(Cl)cc1Cl. The lowest BCUT2D eigenvalue weighted by atomic mass is 10.1. The highest BCUT2D eigenvalue weighted by Crippen LogP contribution is 2.32. The second kappa shape index (κ2) is 6.34. The number of ether oxygens (including phenoxy) is 1. The van der Waals surface area contributed by atoms with Crippen LogP contribution in [0, 0.1) is 11.6 Å². The molecule has 7 heteroatoms. The van der Waals surface area contributed by atoms with Gasteiger partial charge in [-0.3, -0.25) is 4.79 Å². The quantitative estimate of drug-likeness (QED) is 0.901. The standard InChI is InChI=1S/C16H11Cl2F2NO2/c17-9-1-2-12(13(18)5-9)16(22)21-7-11-4-8-3-10(19)6-14(20)15(8)23-11/h1-3,5-6,11H,4,7H2,(H,21,22). The highest BCUT2D eigenvalue weighted by molar-refractivity contribution is 6.36. The summed E-state index contributed by atoms with van der Waals surface area (Å²) >= 11 is 11.7. The summed E-state index contributed by atoms with van der Waals surface area (Å²) in [6.45, 7) is 0.146. The number of amides is 1. The van der Waals surface area contributed by atoms with E-state index < -0.39 is 23.6 Å². The minimum atomic E-state index is -0.741. The second-order valence-corrected chi connectivity index (χ2v) is 6.00. The Balaban J connectivity index is 1.64. The number of benzene rings is 2. The first-order chi connectivity index (χ1) is 10.9. The van der Waals surface area contributed by atoms with Crippen LogP contribution >= 0.6 is 23.2 Å². The number of fused-ring (bicyclic) bond motifs is 1. The Morgan fingerprint density at radius 2 is 2.04 bits per heavy atom. The van der Waals surface area contributed by atoms with Gasteiger partial charge in [-0.25, -0.2) is 8.78 Å². The Hall–Kier alpha value is -1.85. The van der Waals surface area contributed by atoms with Crippen LogP contribution in [0.25, 0.3) is 0 Å². The van der Waals surface area contributed by atoms with Gasteiger partial charge in [0.05, 0.1) is 17.1 Å². The lowest BCUT2D eigenvalue weighted by Crippen LogP contribution is -2.34. The molecule has 1 N–H and O–H groups in total. The van der Waals surface area contributed by atoms with E-state index in [2.05, 4.69) is 5.32 Å². The van der Waals surface area contributed by atoms with Crippen LogP contribution in [0.5, 0.6) is 5.75 Å². The van der Waals surface area contributed by atoms with Gasteiger partial charge in [0.25, 0.3) is 5.91 Å². The first-order valence-electron chi connectivity index (χ1n) is 6.82. The van der Waals surface area contributed by atoms with Crippen molar-refractivity contribution in [3.8, 4) is 5.75 Å². The van der Waals surface area contributed by atoms with Crippen LogP contribution in [0.4, 0.5) is 8.78 Å². The number of carbonyl (C=O) groups excluding carboxylic acids is 1. The van der Waals surface area contributed by atoms with Crippen molar-refractivity contribution >= 4 is 29.1 Å². The van der Waals surface area contributed by atoms with Crippen molar-refractivity contribution in [3.05, 3.63) is 63.1 Å². The summed E-state index contributed by atoms with van der Waals surface area (Å²) in [6, 6.07) is 6.55. The number of nitrogens with one attached hydrogen (secondary N) is 1. The lowest BCUT2D eigenvalue weighted by Gasteiger charge is -2.12. The van der Waals surface area contributed by atoms with Crippen molar-refractivity contribution in [1.29, 1.82) is 0 Å². The zero-order valence-corrected chi connectivity index (χ0v) is 13.2. The van der Waals surface area contributed by atoms with Crippen LogP contribution in [0.1, 0.15) is 15.9 Å². The third-order valence-electron chi connectivity index (χ3n) is 3.48. The molecule has 120 valence electrons. The average molecular weight is 358 g/mol. The summed E-state index contributed by atoms with van der Waals surface area (Å²) in [6.07, 6.45) is -0.144. The van der Waals surface area contributed by atoms with E-state index >= 15 is 0 Å². The molecule has 1 unspecified atom stereocenters. The highest BCUT2D eigenvalue weighted by atomic mass is 35.5. The van der Waals surface area contributed by atoms with Crippen LogP contribution in [-0.2, 0) is 6.42 Å². The van der Waals surface area contributed by atoms with Gasteiger partial charge in [0.15, 0.2) is 11.6 Å². The van der Waals surface area contributed by atoms with Crippen LogP contribution in [-0.4, -0.2) is 18.6 Å². The Kier molecular flexibility index (Phi) is 4.41. The second-order valence-electron chi connectivity index (χ2n) is 5.15. The number of carbonyl (C=O) groups is 1. The van der Waals surface area contributed by atoms with E-state index in [0.717, 1.165) is 6.07 Å². The fourth-order valence-electron chi connectivity index (χ4n) is 2.44. The molecule has 0 saturated carbocycles. The molecule has 1 aliphatic rings. The van der Waals surface area contributed by atoms with Crippen LogP contribution in [0.3, 0.4) is 0 Å². The third-order valence-corrected chi connectivity index (χ3v) is 4.03. The summed E-state index contributed by atoms with van der Waals surface area (Å²) in [5, 5.41) is 3.33. The Labute approximate surface area is 141 Å². The van der Waals surface area contributed by atoms with Gasteiger partial charge in [0.1, 0.15) is 11.9 Å². The summed E-state index contributed by atoms with van der Waals surface area (Å²) in [5.41, 5.74) is 0.732. The third kappa shape index (κ3) is 3.41. The first-order valence-corrected chi connectivity index (χ1v) is 7.57. The summed E-state index contributed by atoms with van der Waals surface area (Å²) < 4.78 is 32.2. The minimum Gasteiger partial charge on any atom is -0.485 e. The monoisotopic (exact) mass is 357 g/mol. The van der Waals surface area contributed by atoms with Crippen molar-refractivity contribution in [2.45, 2.75) is 12.5 Å². The highest BCUT2D eigenvalue weighted by Gasteiger charge is 2.27. The predicted octanol–water partition coefficient (Wildman–Crippen LogP) is 4.01. The molecular weight excluding hydrogens is 347 g/mol. The number of halogens is 4. The van der Waals surface area contributed by atoms with Crippen molar-refractivity contribution in [1.82, 2.24) is 5.32 Å². The fraction of sp³-hybridized carbons (Fsp3) is 0.188. The largest absolute Gasteiger partial charge is 0.485 e. The number of rotatable bonds is 3. The molecule has 1 aliphatic heterocycles. The van der Waals surface area contributed by atoms with E-state index in [1.807, 2.05) is 0 Å². The lowest BCUT2D eigenvalue weighted by molar-refractivity contribution is 0.0933. The number of hydrogen-bond donors (Lipinski definition) is 1. The van der Waals surface area contributed by atoms with E-state index in [9.17, 15) is 13.6 Å². The predicted molar refractivity (Wildman–Crippen MR) is 83.3 cm³/mol. The molecule has 3 nitrogen and oxygen atoms in total. The molecule has 23 heavy (non-hydrogen) atoms. The maximum absolute atomic E-state index is 13.6. The molecule has 1 atom stereocenters. The van der Waals surface area contributed by atoms with Crippen LogP contribution in [0.15, 0.2) is 30.3 Å². The zero-order valence-electron chi connectivity index (χ0n) is 11.7. The van der Waals surface area contributed by atoms with Crippen LogP contribution in [0.2, 0.25) is 10.0 Å². The fourth-order valence-corrected chi connectivity index (χ4v) is 2.93. The van der Waals surface area contributed by atoms with Crippen molar-refractivity contribution in [2.75, 3.05) is 6.54 Å². The van der Waals surface area contributed by atoms with Gasteiger partial charge >= 0.3 is 0 Å². The molecule has 0 radical (unpaired) electrons. The maximum atomic E-state index is 13.6. The van der Waals surface area contributed by atoms with Crippen molar-refractivity contribution < 1.29 is 18.3 Å². The molecular formula is C16H11Cl2F2NO2. The van der Waals surface area contributed by atoms with Crippen molar-refractivity contribution in [2.24, 2.45) is 0 Å². The maximum Gasteiger partial charge on any atom is 0.252 e. The molecule has 0 fully saturated rings. The molecule has 2 aromatic carbocycles.